The maximum atomic E-state index is 10.5. The Morgan fingerprint density at radius 2 is 2.18 bits per heavy atom. The molecule has 0 atom stereocenters. The van der Waals surface area contributed by atoms with E-state index in [1.165, 1.54) is 6.07 Å². The van der Waals surface area contributed by atoms with Gasteiger partial charge in [-0.15, -0.1) is 0 Å². The number of carbonyl (C=O) groups is 1. The van der Waals surface area contributed by atoms with E-state index in [0.29, 0.717) is 5.56 Å². The molecule has 0 spiro atoms. The van der Waals surface area contributed by atoms with Crippen LogP contribution in [0.15, 0.2) is 18.2 Å². The van der Waals surface area contributed by atoms with Gasteiger partial charge >= 0.3 is 0 Å². The van der Waals surface area contributed by atoms with E-state index in [2.05, 4.69) is 0 Å². The second-order valence-corrected chi connectivity index (χ2v) is 2.33. The smallest absolute Gasteiger partial charge is 0.0738 e. The number of benzene rings is 1. The molecule has 0 amide bonds. The fourth-order valence-electron chi connectivity index (χ4n) is 0.969. The number of aromatic carboxylic acids is 1. The van der Waals surface area contributed by atoms with Crippen LogP contribution in [0.2, 0.25) is 0 Å². The van der Waals surface area contributed by atoms with E-state index < -0.39 is 5.97 Å². The van der Waals surface area contributed by atoms with Crippen molar-refractivity contribution in [1.82, 2.24) is 0 Å². The van der Waals surface area contributed by atoms with E-state index in [1.807, 2.05) is 0 Å². The molecule has 0 saturated carbocycles. The molecule has 1 rings (SSSR count). The molecule has 1 aromatic rings. The van der Waals surface area contributed by atoms with E-state index in [4.69, 9.17) is 5.73 Å². The normalized spacial score (nSPS) is 9.55. The first kappa shape index (κ1) is 7.60. The number of carbonyl (C=O) groups excluding carboxylic acids is 1. The van der Waals surface area contributed by atoms with Crippen molar-refractivity contribution < 1.29 is 9.90 Å². The van der Waals surface area contributed by atoms with Gasteiger partial charge in [-0.2, -0.15) is 0 Å². The van der Waals surface area contributed by atoms with Gasteiger partial charge in [-0.25, -0.2) is 0 Å². The minimum atomic E-state index is -1.22. The van der Waals surface area contributed by atoms with E-state index >= 15 is 0 Å². The van der Waals surface area contributed by atoms with Crippen molar-refractivity contribution in [1.29, 1.82) is 0 Å². The Hall–Kier alpha value is -1.51. The summed E-state index contributed by atoms with van der Waals surface area (Å²) in [7, 11) is 0. The Morgan fingerprint density at radius 3 is 2.55 bits per heavy atom. The van der Waals surface area contributed by atoms with Crippen LogP contribution in [0.3, 0.4) is 0 Å². The molecule has 1 aromatic carbocycles. The van der Waals surface area contributed by atoms with Gasteiger partial charge < -0.3 is 15.6 Å². The number of aryl methyl sites for hydroxylation is 1. The fourth-order valence-corrected chi connectivity index (χ4v) is 0.969. The zero-order valence-corrected chi connectivity index (χ0v) is 6.13. The Bertz CT molecular complexity index is 274. The van der Waals surface area contributed by atoms with Crippen molar-refractivity contribution in [2.75, 3.05) is 5.73 Å². The van der Waals surface area contributed by atoms with Crippen molar-refractivity contribution in [2.45, 2.75) is 6.92 Å². The van der Waals surface area contributed by atoms with E-state index in [-0.39, 0.29) is 11.3 Å². The molecule has 2 N–H and O–H groups in total. The van der Waals surface area contributed by atoms with Crippen molar-refractivity contribution in [2.24, 2.45) is 0 Å². The van der Waals surface area contributed by atoms with Crippen molar-refractivity contribution in [3.63, 3.8) is 0 Å². The summed E-state index contributed by atoms with van der Waals surface area (Å²) in [5.74, 6) is -1.22. The highest BCUT2D eigenvalue weighted by Crippen LogP contribution is 2.14. The third-order valence-corrected chi connectivity index (χ3v) is 1.51. The third kappa shape index (κ3) is 1.32. The fraction of sp³-hybridized carbons (Fsp3) is 0.125. The molecular formula is C8H8NO2-. The molecule has 0 bridgehead atoms. The zero-order valence-electron chi connectivity index (χ0n) is 6.13. The Labute approximate surface area is 64.5 Å². The summed E-state index contributed by atoms with van der Waals surface area (Å²) in [5, 5.41) is 10.5. The van der Waals surface area contributed by atoms with Gasteiger partial charge in [0.25, 0.3) is 0 Å². The molecule has 0 aromatic heterocycles. The van der Waals surface area contributed by atoms with Crippen LogP contribution in [0.4, 0.5) is 5.69 Å². The van der Waals surface area contributed by atoms with Gasteiger partial charge in [0.15, 0.2) is 0 Å². The number of carboxylic acids is 1. The molecule has 0 radical (unpaired) electrons. The van der Waals surface area contributed by atoms with Crippen LogP contribution in [0.5, 0.6) is 0 Å². The SMILES string of the molecule is Cc1cccc(N)c1C(=O)[O-]. The van der Waals surface area contributed by atoms with E-state index in [1.54, 1.807) is 19.1 Å². The molecule has 58 valence electrons. The second kappa shape index (κ2) is 2.62. The average Bonchev–Trinajstić information content (AvgIpc) is 1.85. The summed E-state index contributed by atoms with van der Waals surface area (Å²) >= 11 is 0. The molecule has 0 fully saturated rings. The highest BCUT2D eigenvalue weighted by atomic mass is 16.4. The predicted octanol–water partition coefficient (Wildman–Crippen LogP) is -0.0593. The standard InChI is InChI=1S/C8H9NO2/c1-5-3-2-4-6(9)7(5)8(10)11/h2-4H,9H2,1H3,(H,10,11)/p-1. The number of rotatable bonds is 1. The number of hydrogen-bond donors (Lipinski definition) is 1. The Kier molecular flexibility index (Phi) is 1.81. The molecule has 0 aliphatic rings. The van der Waals surface area contributed by atoms with Crippen LogP contribution in [-0.2, 0) is 0 Å². The predicted molar refractivity (Wildman–Crippen MR) is 39.9 cm³/mol. The van der Waals surface area contributed by atoms with E-state index in [9.17, 15) is 9.90 Å². The lowest BCUT2D eigenvalue weighted by Crippen LogP contribution is -2.24. The molecular weight excluding hydrogens is 142 g/mol. The van der Waals surface area contributed by atoms with Crippen LogP contribution >= 0.6 is 0 Å². The number of nitrogens with two attached hydrogens (primary N) is 1. The highest BCUT2D eigenvalue weighted by molar-refractivity contribution is 5.93. The van der Waals surface area contributed by atoms with Gasteiger partial charge in [0.2, 0.25) is 0 Å². The lowest BCUT2D eigenvalue weighted by molar-refractivity contribution is -0.254. The van der Waals surface area contributed by atoms with E-state index in [0.717, 1.165) is 0 Å². The summed E-state index contributed by atoms with van der Waals surface area (Å²) in [5.41, 5.74) is 6.38. The minimum absolute atomic E-state index is 0.0903. The molecule has 11 heavy (non-hydrogen) atoms. The van der Waals surface area contributed by atoms with Crippen molar-refractivity contribution in [3.05, 3.63) is 29.3 Å². The van der Waals surface area contributed by atoms with Gasteiger partial charge in [-0.05, 0) is 18.6 Å². The molecule has 0 saturated heterocycles. The minimum Gasteiger partial charge on any atom is -0.545 e. The topological polar surface area (TPSA) is 66.2 Å². The van der Waals surface area contributed by atoms with Gasteiger partial charge in [-0.1, -0.05) is 12.1 Å². The highest BCUT2D eigenvalue weighted by Gasteiger charge is 2.01. The number of carboxylic acid groups (broad SMARTS) is 1. The lowest BCUT2D eigenvalue weighted by Gasteiger charge is -2.08. The van der Waals surface area contributed by atoms with Crippen LogP contribution in [-0.4, -0.2) is 5.97 Å². The first-order valence-corrected chi connectivity index (χ1v) is 3.19. The summed E-state index contributed by atoms with van der Waals surface area (Å²) < 4.78 is 0. The zero-order chi connectivity index (χ0) is 8.43. The van der Waals surface area contributed by atoms with Gasteiger partial charge in [-0.3, -0.25) is 0 Å². The first-order valence-electron chi connectivity index (χ1n) is 3.19. The van der Waals surface area contributed by atoms with Crippen molar-refractivity contribution in [3.8, 4) is 0 Å². The largest absolute Gasteiger partial charge is 0.545 e. The van der Waals surface area contributed by atoms with Crippen LogP contribution < -0.4 is 10.8 Å². The average molecular weight is 150 g/mol. The van der Waals surface area contributed by atoms with Crippen LogP contribution in [0.1, 0.15) is 15.9 Å². The van der Waals surface area contributed by atoms with Gasteiger partial charge in [0, 0.05) is 11.3 Å². The second-order valence-electron chi connectivity index (χ2n) is 2.33. The number of nitrogen functional groups attached to an aromatic ring is 1. The third-order valence-electron chi connectivity index (χ3n) is 1.51. The number of hydrogen-bond acceptors (Lipinski definition) is 3. The molecule has 0 heterocycles. The summed E-state index contributed by atoms with van der Waals surface area (Å²) in [6, 6.07) is 4.93. The molecule has 3 heteroatoms. The maximum absolute atomic E-state index is 10.5. The first-order chi connectivity index (χ1) is 5.13. The maximum Gasteiger partial charge on any atom is 0.0738 e. The van der Waals surface area contributed by atoms with Crippen LogP contribution in [0.25, 0.3) is 0 Å². The molecule has 0 aliphatic carbocycles. The summed E-state index contributed by atoms with van der Waals surface area (Å²) in [6.07, 6.45) is 0. The lowest BCUT2D eigenvalue weighted by atomic mass is 10.1. The van der Waals surface area contributed by atoms with Gasteiger partial charge in [0.1, 0.15) is 0 Å². The quantitative estimate of drug-likeness (QED) is 0.570. The van der Waals surface area contributed by atoms with Crippen LogP contribution in [0, 0.1) is 6.92 Å². The Balaban J connectivity index is 3.32. The monoisotopic (exact) mass is 150 g/mol. The molecule has 3 nitrogen and oxygen atoms in total. The summed E-state index contributed by atoms with van der Waals surface area (Å²) in [4.78, 5) is 10.5. The Morgan fingerprint density at radius 1 is 1.55 bits per heavy atom. The number of anilines is 1. The van der Waals surface area contributed by atoms with Crippen molar-refractivity contribution >= 4 is 11.7 Å². The van der Waals surface area contributed by atoms with Gasteiger partial charge in [0.05, 0.1) is 5.97 Å². The molecule has 0 aliphatic heterocycles. The summed E-state index contributed by atoms with van der Waals surface area (Å²) in [6.45, 7) is 1.68. The molecule has 0 unspecified atom stereocenters.